The topological polar surface area (TPSA) is 0 Å². The van der Waals surface area contributed by atoms with Crippen molar-refractivity contribution in [3.63, 3.8) is 0 Å². The van der Waals surface area contributed by atoms with Gasteiger partial charge >= 0.3 is 0 Å². The minimum absolute atomic E-state index is 0.606. The van der Waals surface area contributed by atoms with E-state index >= 15 is 0 Å². The molecule has 1 saturated heterocycles. The Morgan fingerprint density at radius 3 is 2.10 bits per heavy atom. The molecular weight excluding hydrogens is 136 g/mol. The standard InChI is InChI=1S/C9H20Si/c1-3-7-10(4-2)8-5-6-9-10/h3-9H2,1-2H3. The molecule has 0 spiro atoms. The third kappa shape index (κ3) is 1.63. The second kappa shape index (κ2) is 3.56. The molecule has 60 valence electrons. The molecule has 10 heavy (non-hydrogen) atoms. The van der Waals surface area contributed by atoms with Crippen molar-refractivity contribution in [1.82, 2.24) is 0 Å². The van der Waals surface area contributed by atoms with Crippen molar-refractivity contribution in [2.45, 2.75) is 57.3 Å². The first-order chi connectivity index (χ1) is 4.83. The van der Waals surface area contributed by atoms with Gasteiger partial charge in [0.25, 0.3) is 0 Å². The fourth-order valence-electron chi connectivity index (χ4n) is 2.44. The predicted octanol–water partition coefficient (Wildman–Crippen LogP) is 3.66. The van der Waals surface area contributed by atoms with Crippen LogP contribution in [0.25, 0.3) is 0 Å². The highest BCUT2D eigenvalue weighted by Crippen LogP contribution is 2.36. The normalized spacial score (nSPS) is 23.4. The Morgan fingerprint density at radius 1 is 1.10 bits per heavy atom. The Hall–Kier alpha value is 0.217. The molecule has 1 heterocycles. The summed E-state index contributed by atoms with van der Waals surface area (Å²) in [4.78, 5) is 0. The number of hydrogen-bond acceptors (Lipinski definition) is 0. The highest BCUT2D eigenvalue weighted by molar-refractivity contribution is 6.80. The Morgan fingerprint density at radius 2 is 1.70 bits per heavy atom. The third-order valence-corrected chi connectivity index (χ3v) is 9.08. The lowest BCUT2D eigenvalue weighted by molar-refractivity contribution is 0.935. The highest BCUT2D eigenvalue weighted by atomic mass is 28.3. The second-order valence-corrected chi connectivity index (χ2v) is 9.02. The van der Waals surface area contributed by atoms with E-state index in [0.717, 1.165) is 0 Å². The van der Waals surface area contributed by atoms with Crippen molar-refractivity contribution in [3.05, 3.63) is 0 Å². The van der Waals surface area contributed by atoms with E-state index in [1.165, 1.54) is 6.42 Å². The van der Waals surface area contributed by atoms with Crippen LogP contribution in [0.4, 0.5) is 0 Å². The van der Waals surface area contributed by atoms with Gasteiger partial charge in [0.2, 0.25) is 0 Å². The van der Waals surface area contributed by atoms with E-state index in [0.29, 0.717) is 0 Å². The molecule has 0 aliphatic carbocycles. The van der Waals surface area contributed by atoms with Crippen molar-refractivity contribution >= 4 is 8.07 Å². The van der Waals surface area contributed by atoms with Crippen LogP contribution >= 0.6 is 0 Å². The van der Waals surface area contributed by atoms with Crippen molar-refractivity contribution in [3.8, 4) is 0 Å². The van der Waals surface area contributed by atoms with E-state index in [4.69, 9.17) is 0 Å². The Bertz CT molecular complexity index is 92.9. The SMILES string of the molecule is CCC[Si]1(CC)CCCC1. The van der Waals surface area contributed by atoms with E-state index in [1.54, 1.807) is 37.0 Å². The zero-order valence-electron chi connectivity index (χ0n) is 7.45. The van der Waals surface area contributed by atoms with Gasteiger partial charge in [-0.05, 0) is 0 Å². The summed E-state index contributed by atoms with van der Waals surface area (Å²) in [6.45, 7) is 4.77. The van der Waals surface area contributed by atoms with E-state index < -0.39 is 8.07 Å². The molecule has 0 atom stereocenters. The van der Waals surface area contributed by atoms with Gasteiger partial charge in [0.05, 0.1) is 8.07 Å². The van der Waals surface area contributed by atoms with Crippen LogP contribution in [0.1, 0.15) is 33.1 Å². The summed E-state index contributed by atoms with van der Waals surface area (Å²) in [5, 5.41) is 0. The van der Waals surface area contributed by atoms with Gasteiger partial charge in [-0.3, -0.25) is 0 Å². The largest absolute Gasteiger partial charge is 0.0678 e. The lowest BCUT2D eigenvalue weighted by Crippen LogP contribution is -2.27. The summed E-state index contributed by atoms with van der Waals surface area (Å²) in [5.74, 6) is 0. The molecule has 0 unspecified atom stereocenters. The molecule has 1 rings (SSSR count). The van der Waals surface area contributed by atoms with Crippen LogP contribution in [0.5, 0.6) is 0 Å². The molecule has 1 heteroatoms. The molecule has 0 aromatic heterocycles. The van der Waals surface area contributed by atoms with Crippen LogP contribution in [0.15, 0.2) is 0 Å². The molecule has 0 N–H and O–H groups in total. The molecular formula is C9H20Si. The fraction of sp³-hybridized carbons (Fsp3) is 1.00. The van der Waals surface area contributed by atoms with Gasteiger partial charge in [-0.25, -0.2) is 0 Å². The maximum Gasteiger partial charge on any atom is 0.0533 e. The lowest BCUT2D eigenvalue weighted by Gasteiger charge is -2.23. The summed E-state index contributed by atoms with van der Waals surface area (Å²) in [7, 11) is -0.606. The van der Waals surface area contributed by atoms with Crippen LogP contribution in [0.2, 0.25) is 24.2 Å². The molecule has 0 radical (unpaired) electrons. The van der Waals surface area contributed by atoms with Gasteiger partial charge in [0, 0.05) is 0 Å². The number of rotatable bonds is 3. The van der Waals surface area contributed by atoms with Crippen molar-refractivity contribution in [2.24, 2.45) is 0 Å². The maximum absolute atomic E-state index is 2.42. The first-order valence-electron chi connectivity index (χ1n) is 4.83. The van der Waals surface area contributed by atoms with E-state index in [-0.39, 0.29) is 0 Å². The highest BCUT2D eigenvalue weighted by Gasteiger charge is 2.32. The molecule has 0 nitrogen and oxygen atoms in total. The van der Waals surface area contributed by atoms with Crippen LogP contribution in [0.3, 0.4) is 0 Å². The Balaban J connectivity index is 2.41. The molecule has 1 aliphatic heterocycles. The van der Waals surface area contributed by atoms with Gasteiger partial charge < -0.3 is 0 Å². The molecule has 1 aliphatic rings. The van der Waals surface area contributed by atoms with Gasteiger partial charge in [0.15, 0.2) is 0 Å². The summed E-state index contributed by atoms with van der Waals surface area (Å²) in [5.41, 5.74) is 0. The average molecular weight is 156 g/mol. The van der Waals surface area contributed by atoms with Crippen molar-refractivity contribution < 1.29 is 0 Å². The van der Waals surface area contributed by atoms with Crippen molar-refractivity contribution in [1.29, 1.82) is 0 Å². The Kier molecular flexibility index (Phi) is 2.96. The van der Waals surface area contributed by atoms with Crippen LogP contribution in [-0.2, 0) is 0 Å². The van der Waals surface area contributed by atoms with Gasteiger partial charge in [0.1, 0.15) is 0 Å². The molecule has 0 aromatic rings. The quantitative estimate of drug-likeness (QED) is 0.547. The van der Waals surface area contributed by atoms with Crippen LogP contribution < -0.4 is 0 Å². The van der Waals surface area contributed by atoms with E-state index in [1.807, 2.05) is 0 Å². The minimum atomic E-state index is -0.606. The van der Waals surface area contributed by atoms with E-state index in [2.05, 4.69) is 13.8 Å². The van der Waals surface area contributed by atoms with Gasteiger partial charge in [-0.15, -0.1) is 0 Å². The summed E-state index contributed by atoms with van der Waals surface area (Å²) >= 11 is 0. The summed E-state index contributed by atoms with van der Waals surface area (Å²) < 4.78 is 0. The molecule has 0 saturated carbocycles. The minimum Gasteiger partial charge on any atom is -0.0678 e. The van der Waals surface area contributed by atoms with Gasteiger partial charge in [-0.1, -0.05) is 57.3 Å². The fourth-order valence-corrected chi connectivity index (χ4v) is 7.31. The maximum atomic E-state index is 2.42. The first-order valence-corrected chi connectivity index (χ1v) is 7.66. The van der Waals surface area contributed by atoms with Crippen LogP contribution in [0, 0.1) is 0 Å². The molecule has 0 aromatic carbocycles. The smallest absolute Gasteiger partial charge is 0.0533 e. The number of hydrogen-bond donors (Lipinski definition) is 0. The molecule has 0 amide bonds. The first kappa shape index (κ1) is 8.31. The zero-order chi connectivity index (χ0) is 7.45. The predicted molar refractivity (Wildman–Crippen MR) is 50.2 cm³/mol. The third-order valence-electron chi connectivity index (χ3n) is 3.19. The summed E-state index contributed by atoms with van der Waals surface area (Å²) in [6.07, 6.45) is 4.56. The zero-order valence-corrected chi connectivity index (χ0v) is 8.45. The van der Waals surface area contributed by atoms with Gasteiger partial charge in [-0.2, -0.15) is 0 Å². The average Bonchev–Trinajstić information content (AvgIpc) is 2.39. The Labute approximate surface area is 66.0 Å². The summed E-state index contributed by atoms with van der Waals surface area (Å²) in [6, 6.07) is 6.47. The lowest BCUT2D eigenvalue weighted by atomic mass is 10.4. The molecule has 1 fully saturated rings. The van der Waals surface area contributed by atoms with Crippen molar-refractivity contribution in [2.75, 3.05) is 0 Å². The molecule has 0 bridgehead atoms. The monoisotopic (exact) mass is 156 g/mol. The van der Waals surface area contributed by atoms with Crippen LogP contribution in [-0.4, -0.2) is 8.07 Å². The van der Waals surface area contributed by atoms with E-state index in [9.17, 15) is 0 Å². The second-order valence-electron chi connectivity index (χ2n) is 3.81.